The van der Waals surface area contributed by atoms with Gasteiger partial charge in [0.1, 0.15) is 0 Å². The second kappa shape index (κ2) is 3.20. The number of hydrogen-bond acceptors (Lipinski definition) is 3. The number of carbonyl (C=O) groups excluding carboxylic acids is 3. The van der Waals surface area contributed by atoms with Crippen LogP contribution in [-0.2, 0) is 9.59 Å². The first-order valence-electron chi connectivity index (χ1n) is 4.34. The molecule has 1 aliphatic rings. The lowest BCUT2D eigenvalue weighted by Crippen LogP contribution is -2.31. The van der Waals surface area contributed by atoms with Gasteiger partial charge in [-0.25, -0.2) is 9.69 Å². The molecule has 1 heterocycles. The van der Waals surface area contributed by atoms with Crippen molar-refractivity contribution in [3.05, 3.63) is 30.3 Å². The number of hydrogen-bond donors (Lipinski definition) is 0. The molecule has 76 valence electrons. The van der Waals surface area contributed by atoms with E-state index in [1.54, 1.807) is 30.3 Å². The molecule has 0 radical (unpaired) electrons. The number of nitrogens with zero attached hydrogens (tertiary/aromatic N) is 2. The number of carbonyl (C=O) groups is 3. The number of benzene rings is 1. The summed E-state index contributed by atoms with van der Waals surface area (Å²) < 4.78 is 0. The zero-order chi connectivity index (χ0) is 11.0. The summed E-state index contributed by atoms with van der Waals surface area (Å²) in [5.41, 5.74) is 0.408. The summed E-state index contributed by atoms with van der Waals surface area (Å²) in [4.78, 5) is 35.9. The van der Waals surface area contributed by atoms with Crippen molar-refractivity contribution < 1.29 is 14.4 Å². The van der Waals surface area contributed by atoms with Gasteiger partial charge in [0.25, 0.3) is 0 Å². The summed E-state index contributed by atoms with van der Waals surface area (Å²) in [7, 11) is 1.28. The van der Waals surface area contributed by atoms with Crippen molar-refractivity contribution in [1.29, 1.82) is 0 Å². The number of urea groups is 1. The number of likely N-dealkylation sites (N-methyl/N-ethyl adjacent to an activating group) is 1. The van der Waals surface area contributed by atoms with Crippen LogP contribution in [0.2, 0.25) is 0 Å². The van der Waals surface area contributed by atoms with Crippen LogP contribution in [-0.4, -0.2) is 29.8 Å². The first-order valence-corrected chi connectivity index (χ1v) is 4.34. The van der Waals surface area contributed by atoms with Crippen LogP contribution in [0.25, 0.3) is 0 Å². The summed E-state index contributed by atoms with van der Waals surface area (Å²) in [5, 5.41) is 0. The molecule has 1 aliphatic heterocycles. The molecule has 5 heteroatoms. The van der Waals surface area contributed by atoms with Crippen LogP contribution in [0.4, 0.5) is 10.5 Å². The number of anilines is 1. The molecule has 1 aromatic rings. The molecule has 0 atom stereocenters. The number of imide groups is 2. The maximum Gasteiger partial charge on any atom is 0.338 e. The Kier molecular flexibility index (Phi) is 2.00. The average molecular weight is 204 g/mol. The normalized spacial score (nSPS) is 16.5. The fourth-order valence-corrected chi connectivity index (χ4v) is 1.37. The topological polar surface area (TPSA) is 57.7 Å². The summed E-state index contributed by atoms with van der Waals surface area (Å²) >= 11 is 0. The van der Waals surface area contributed by atoms with Crippen LogP contribution in [0.15, 0.2) is 30.3 Å². The molecule has 2 rings (SSSR count). The zero-order valence-corrected chi connectivity index (χ0v) is 8.01. The fourth-order valence-electron chi connectivity index (χ4n) is 1.37. The van der Waals surface area contributed by atoms with Gasteiger partial charge < -0.3 is 0 Å². The lowest BCUT2D eigenvalue weighted by atomic mass is 10.3. The highest BCUT2D eigenvalue weighted by atomic mass is 16.2. The Bertz CT molecular complexity index is 441. The first-order chi connectivity index (χ1) is 7.13. The van der Waals surface area contributed by atoms with E-state index in [2.05, 4.69) is 0 Å². The Morgan fingerprint density at radius 2 is 1.53 bits per heavy atom. The van der Waals surface area contributed by atoms with Crippen molar-refractivity contribution in [3.63, 3.8) is 0 Å². The summed E-state index contributed by atoms with van der Waals surface area (Å²) in [6.45, 7) is 0. The third-order valence-corrected chi connectivity index (χ3v) is 2.18. The molecule has 1 fully saturated rings. The third kappa shape index (κ3) is 1.28. The standard InChI is InChI=1S/C10H8N2O3/c1-11-8(13)9(14)12(10(11)15)7-5-3-2-4-6-7/h2-6H,1H3. The van der Waals surface area contributed by atoms with Crippen LogP contribution in [0, 0.1) is 0 Å². The minimum Gasteiger partial charge on any atom is -0.263 e. The van der Waals surface area contributed by atoms with Gasteiger partial charge in [-0.05, 0) is 12.1 Å². The van der Waals surface area contributed by atoms with Crippen LogP contribution in [0.5, 0.6) is 0 Å². The van der Waals surface area contributed by atoms with Gasteiger partial charge in [0, 0.05) is 7.05 Å². The average Bonchev–Trinajstić information content (AvgIpc) is 2.45. The molecule has 5 nitrogen and oxygen atoms in total. The molecule has 0 bridgehead atoms. The van der Waals surface area contributed by atoms with Crippen LogP contribution < -0.4 is 4.90 Å². The Balaban J connectivity index is 2.44. The van der Waals surface area contributed by atoms with Gasteiger partial charge in [0.2, 0.25) is 0 Å². The largest absolute Gasteiger partial charge is 0.338 e. The van der Waals surface area contributed by atoms with Crippen LogP contribution in [0.3, 0.4) is 0 Å². The van der Waals surface area contributed by atoms with Gasteiger partial charge in [-0.15, -0.1) is 0 Å². The van der Waals surface area contributed by atoms with Crippen LogP contribution >= 0.6 is 0 Å². The van der Waals surface area contributed by atoms with E-state index < -0.39 is 17.8 Å². The number of rotatable bonds is 1. The van der Waals surface area contributed by atoms with Gasteiger partial charge in [-0.2, -0.15) is 0 Å². The van der Waals surface area contributed by atoms with E-state index in [9.17, 15) is 14.4 Å². The minimum absolute atomic E-state index is 0.408. The maximum atomic E-state index is 11.5. The Morgan fingerprint density at radius 1 is 0.933 bits per heavy atom. The van der Waals surface area contributed by atoms with E-state index in [1.807, 2.05) is 0 Å². The maximum absolute atomic E-state index is 11.5. The molecular weight excluding hydrogens is 196 g/mol. The van der Waals surface area contributed by atoms with E-state index in [0.717, 1.165) is 9.80 Å². The van der Waals surface area contributed by atoms with E-state index in [4.69, 9.17) is 0 Å². The van der Waals surface area contributed by atoms with Crippen molar-refractivity contribution in [2.45, 2.75) is 0 Å². The minimum atomic E-state index is -0.811. The highest BCUT2D eigenvalue weighted by Gasteiger charge is 2.42. The van der Waals surface area contributed by atoms with Gasteiger partial charge >= 0.3 is 17.8 Å². The quantitative estimate of drug-likeness (QED) is 0.497. The predicted octanol–water partition coefficient (Wildman–Crippen LogP) is 0.612. The van der Waals surface area contributed by atoms with Gasteiger partial charge in [0.05, 0.1) is 5.69 Å². The van der Waals surface area contributed by atoms with E-state index >= 15 is 0 Å². The molecule has 1 aromatic carbocycles. The second-order valence-corrected chi connectivity index (χ2v) is 3.12. The van der Waals surface area contributed by atoms with Crippen LogP contribution in [0.1, 0.15) is 0 Å². The highest BCUT2D eigenvalue weighted by molar-refractivity contribution is 6.52. The third-order valence-electron chi connectivity index (χ3n) is 2.18. The first kappa shape index (κ1) is 9.39. The van der Waals surface area contributed by atoms with E-state index in [-0.39, 0.29) is 0 Å². The van der Waals surface area contributed by atoms with Crippen molar-refractivity contribution in [2.24, 2.45) is 0 Å². The number of para-hydroxylation sites is 1. The van der Waals surface area contributed by atoms with Gasteiger partial charge in [0.15, 0.2) is 0 Å². The van der Waals surface area contributed by atoms with Crippen molar-refractivity contribution in [1.82, 2.24) is 4.90 Å². The molecule has 1 saturated heterocycles. The summed E-state index contributed by atoms with van der Waals surface area (Å²) in [6.07, 6.45) is 0. The monoisotopic (exact) mass is 204 g/mol. The van der Waals surface area contributed by atoms with Crippen molar-refractivity contribution in [3.8, 4) is 0 Å². The fraction of sp³-hybridized carbons (Fsp3) is 0.100. The summed E-state index contributed by atoms with van der Waals surface area (Å²) in [6, 6.07) is 7.73. The smallest absolute Gasteiger partial charge is 0.263 e. The predicted molar refractivity (Wildman–Crippen MR) is 52.1 cm³/mol. The Hall–Kier alpha value is -2.17. The SMILES string of the molecule is CN1C(=O)C(=O)N(c2ccccc2)C1=O. The highest BCUT2D eigenvalue weighted by Crippen LogP contribution is 2.20. The van der Waals surface area contributed by atoms with Crippen molar-refractivity contribution >= 4 is 23.5 Å². The lowest BCUT2D eigenvalue weighted by Gasteiger charge is -2.11. The Morgan fingerprint density at radius 3 is 2.00 bits per heavy atom. The zero-order valence-electron chi connectivity index (χ0n) is 8.01. The second-order valence-electron chi connectivity index (χ2n) is 3.12. The number of amides is 4. The van der Waals surface area contributed by atoms with Gasteiger partial charge in [-0.3, -0.25) is 14.5 Å². The molecule has 0 spiro atoms. The van der Waals surface area contributed by atoms with E-state index in [0.29, 0.717) is 5.69 Å². The van der Waals surface area contributed by atoms with Crippen molar-refractivity contribution in [2.75, 3.05) is 11.9 Å². The molecule has 4 amide bonds. The molecule has 0 aliphatic carbocycles. The molecule has 0 aromatic heterocycles. The summed E-state index contributed by atoms with van der Waals surface area (Å²) in [5.74, 6) is -1.61. The Labute approximate surface area is 85.9 Å². The molecule has 0 unspecified atom stereocenters. The molecule has 0 saturated carbocycles. The molecule has 15 heavy (non-hydrogen) atoms. The van der Waals surface area contributed by atoms with E-state index in [1.165, 1.54) is 7.05 Å². The lowest BCUT2D eigenvalue weighted by molar-refractivity contribution is -0.138. The molecular formula is C10H8N2O3. The van der Waals surface area contributed by atoms with Gasteiger partial charge in [-0.1, -0.05) is 18.2 Å². The molecule has 0 N–H and O–H groups in total.